The number of carbonyl (C=O) groups excluding carboxylic acids is 5. The number of benzene rings is 3. The van der Waals surface area contributed by atoms with Gasteiger partial charge >= 0.3 is 0 Å². The Morgan fingerprint density at radius 2 is 1.12 bits per heavy atom. The highest BCUT2D eigenvalue weighted by molar-refractivity contribution is 5.97. The Morgan fingerprint density at radius 3 is 1.64 bits per heavy atom. The molecule has 0 aliphatic carbocycles. The summed E-state index contributed by atoms with van der Waals surface area (Å²) >= 11 is 0. The lowest BCUT2D eigenvalue weighted by Crippen LogP contribution is -2.59. The Kier molecular flexibility index (Phi) is 14.4. The maximum atomic E-state index is 14.6. The largest absolute Gasteiger partial charge is 0.361 e. The molecule has 59 heavy (non-hydrogen) atoms. The van der Waals surface area contributed by atoms with Crippen molar-refractivity contribution >= 4 is 51.2 Å². The summed E-state index contributed by atoms with van der Waals surface area (Å²) in [5.41, 5.74) is 16.6. The number of aromatic nitrogens is 4. The summed E-state index contributed by atoms with van der Waals surface area (Å²) in [5.74, 6) is -2.57. The molecule has 3 aromatic heterocycles. The number of hydrogen-bond donors (Lipinski definition) is 9. The fourth-order valence-corrected chi connectivity index (χ4v) is 7.21. The maximum Gasteiger partial charge on any atom is 0.243 e. The molecule has 0 bridgehead atoms. The lowest BCUT2D eigenvalue weighted by molar-refractivity contribution is -0.134. The van der Waals surface area contributed by atoms with Gasteiger partial charge in [0.1, 0.15) is 18.1 Å². The second kappa shape index (κ2) is 20.2. The first-order chi connectivity index (χ1) is 28.6. The lowest BCUT2D eigenvalue weighted by Gasteiger charge is -2.27. The molecule has 308 valence electrons. The van der Waals surface area contributed by atoms with Crippen LogP contribution in [0.3, 0.4) is 0 Å². The number of rotatable bonds is 21. The molecule has 5 unspecified atom stereocenters. The lowest BCUT2D eigenvalue weighted by atomic mass is 9.99. The van der Waals surface area contributed by atoms with Crippen molar-refractivity contribution in [3.05, 3.63) is 126 Å². The van der Waals surface area contributed by atoms with E-state index in [4.69, 9.17) is 11.5 Å². The molecule has 3 aromatic carbocycles. The Labute approximate surface area is 341 Å². The van der Waals surface area contributed by atoms with Gasteiger partial charge in [0.15, 0.2) is 5.78 Å². The van der Waals surface area contributed by atoms with Crippen molar-refractivity contribution in [2.45, 2.75) is 82.1 Å². The second-order valence-corrected chi connectivity index (χ2v) is 14.8. The van der Waals surface area contributed by atoms with E-state index in [9.17, 15) is 24.0 Å². The number of hydrogen-bond acceptors (Lipinski definition) is 8. The zero-order valence-corrected chi connectivity index (χ0v) is 33.0. The monoisotopic (exact) mass is 800 g/mol. The zero-order chi connectivity index (χ0) is 41.7. The summed E-state index contributed by atoms with van der Waals surface area (Å²) in [6.45, 7) is 1.87. The first-order valence-electron chi connectivity index (χ1n) is 19.9. The van der Waals surface area contributed by atoms with Crippen LogP contribution in [0, 0.1) is 0 Å². The average molecular weight is 801 g/mol. The van der Waals surface area contributed by atoms with Crippen molar-refractivity contribution in [1.29, 1.82) is 0 Å². The number of aromatic amines is 3. The Bertz CT molecular complexity index is 2340. The molecule has 0 saturated carbocycles. The number of carbonyl (C=O) groups is 5. The summed E-state index contributed by atoms with van der Waals surface area (Å²) in [5, 5.41) is 13.3. The molecule has 0 saturated heterocycles. The number of amides is 4. The van der Waals surface area contributed by atoms with Crippen LogP contribution in [0.25, 0.3) is 21.8 Å². The summed E-state index contributed by atoms with van der Waals surface area (Å²) in [7, 11) is 0. The zero-order valence-electron chi connectivity index (χ0n) is 33.0. The summed E-state index contributed by atoms with van der Waals surface area (Å²) < 4.78 is 0. The SMILES string of the molecule is CC(=O)C(CCCCN)NC(=O)C(Cc1ccccc1)NC(=O)C(Cc1c[nH]c2ccccc12)NC(=O)C(Cc1c[nH]c2ccccc12)NC(=O)C(N)Cc1cnc[nH]1. The van der Waals surface area contributed by atoms with Crippen LogP contribution in [-0.2, 0) is 49.7 Å². The van der Waals surface area contributed by atoms with Gasteiger partial charge in [0, 0.05) is 71.8 Å². The van der Waals surface area contributed by atoms with E-state index in [0.29, 0.717) is 31.5 Å². The summed E-state index contributed by atoms with van der Waals surface area (Å²) in [6.07, 6.45) is 8.76. The number of para-hydroxylation sites is 2. The van der Waals surface area contributed by atoms with E-state index in [1.165, 1.54) is 13.3 Å². The van der Waals surface area contributed by atoms with Gasteiger partial charge in [-0.1, -0.05) is 66.7 Å². The molecule has 0 fully saturated rings. The Balaban J connectivity index is 1.29. The van der Waals surface area contributed by atoms with Gasteiger partial charge in [0.2, 0.25) is 23.6 Å². The molecule has 0 aliphatic rings. The smallest absolute Gasteiger partial charge is 0.243 e. The fourth-order valence-electron chi connectivity index (χ4n) is 7.21. The van der Waals surface area contributed by atoms with Crippen LogP contribution in [-0.4, -0.2) is 86.1 Å². The maximum absolute atomic E-state index is 14.6. The third-order valence-electron chi connectivity index (χ3n) is 10.5. The summed E-state index contributed by atoms with van der Waals surface area (Å²) in [6, 6.07) is 19.2. The number of nitrogens with two attached hydrogens (primary N) is 2. The molecular weight excluding hydrogens is 749 g/mol. The van der Waals surface area contributed by atoms with Crippen LogP contribution in [0.2, 0.25) is 0 Å². The van der Waals surface area contributed by atoms with Crippen LogP contribution in [0.15, 0.2) is 104 Å². The highest BCUT2D eigenvalue weighted by Crippen LogP contribution is 2.21. The van der Waals surface area contributed by atoms with Crippen molar-refractivity contribution in [3.8, 4) is 0 Å². The van der Waals surface area contributed by atoms with Gasteiger partial charge in [-0.05, 0) is 61.6 Å². The molecule has 15 nitrogen and oxygen atoms in total. The molecule has 15 heteroatoms. The highest BCUT2D eigenvalue weighted by Gasteiger charge is 2.33. The number of unbranched alkanes of at least 4 members (excludes halogenated alkanes) is 1. The normalized spacial score (nSPS) is 13.9. The number of H-pyrrole nitrogens is 3. The van der Waals surface area contributed by atoms with Crippen molar-refractivity contribution in [2.75, 3.05) is 6.54 Å². The van der Waals surface area contributed by atoms with E-state index in [0.717, 1.165) is 38.5 Å². The predicted octanol–water partition coefficient (Wildman–Crippen LogP) is 2.63. The minimum Gasteiger partial charge on any atom is -0.361 e. The molecule has 0 spiro atoms. The van der Waals surface area contributed by atoms with Gasteiger partial charge in [0.25, 0.3) is 0 Å². The van der Waals surface area contributed by atoms with Gasteiger partial charge in [-0.15, -0.1) is 0 Å². The van der Waals surface area contributed by atoms with Crippen molar-refractivity contribution in [3.63, 3.8) is 0 Å². The van der Waals surface area contributed by atoms with Gasteiger partial charge in [-0.25, -0.2) is 4.98 Å². The van der Waals surface area contributed by atoms with Crippen LogP contribution in [0.5, 0.6) is 0 Å². The molecular formula is C44H52N10O5. The van der Waals surface area contributed by atoms with Crippen molar-refractivity contribution < 1.29 is 24.0 Å². The highest BCUT2D eigenvalue weighted by atomic mass is 16.2. The van der Waals surface area contributed by atoms with Crippen LogP contribution in [0.4, 0.5) is 0 Å². The average Bonchev–Trinajstić information content (AvgIpc) is 4.01. The third-order valence-corrected chi connectivity index (χ3v) is 10.5. The van der Waals surface area contributed by atoms with Crippen LogP contribution in [0.1, 0.15) is 48.6 Å². The van der Waals surface area contributed by atoms with Gasteiger partial charge in [-0.2, -0.15) is 0 Å². The topological polar surface area (TPSA) is 246 Å². The number of nitrogens with zero attached hydrogens (tertiary/aromatic N) is 1. The Hall–Kier alpha value is -6.58. The van der Waals surface area contributed by atoms with E-state index < -0.39 is 53.8 Å². The molecule has 5 atom stereocenters. The second-order valence-electron chi connectivity index (χ2n) is 14.8. The number of Topliss-reactive ketones (excluding diaryl/α,β-unsaturated/α-hetero) is 1. The minimum atomic E-state index is -1.21. The molecule has 6 rings (SSSR count). The number of fused-ring (bicyclic) bond motifs is 2. The van der Waals surface area contributed by atoms with E-state index >= 15 is 0 Å². The number of imidazole rings is 1. The molecule has 3 heterocycles. The predicted molar refractivity (Wildman–Crippen MR) is 226 cm³/mol. The first-order valence-corrected chi connectivity index (χ1v) is 19.9. The van der Waals surface area contributed by atoms with Gasteiger partial charge in [0.05, 0.1) is 18.4 Å². The van der Waals surface area contributed by atoms with Crippen LogP contribution >= 0.6 is 0 Å². The Morgan fingerprint density at radius 1 is 0.610 bits per heavy atom. The van der Waals surface area contributed by atoms with Gasteiger partial charge < -0.3 is 47.7 Å². The quantitative estimate of drug-likeness (QED) is 0.0489. The molecule has 4 amide bonds. The minimum absolute atomic E-state index is 0.0452. The van der Waals surface area contributed by atoms with E-state index in [1.807, 2.05) is 78.9 Å². The third kappa shape index (κ3) is 11.3. The van der Waals surface area contributed by atoms with E-state index in [1.54, 1.807) is 18.6 Å². The first kappa shape index (κ1) is 42.0. The molecule has 11 N–H and O–H groups in total. The van der Waals surface area contributed by atoms with Crippen LogP contribution < -0.4 is 32.7 Å². The molecule has 0 aliphatic heterocycles. The standard InChI is InChI=1S/C44H52N10O5/c1-27(55)35(15-9-10-18-45)51-42(57)38(19-28-11-3-2-4-12-28)53-44(59)40(21-30-24-49-37-17-8-6-14-33(30)37)54-43(58)39(20-29-23-48-36-16-7-5-13-32(29)36)52-41(56)34(46)22-31-25-47-26-50-31/h2-8,11-14,16-17,23-26,34-35,38-40,48-49H,9-10,15,18-22,45-46H2,1H3,(H,47,50)(H,51,57)(H,52,56)(H,53,59)(H,54,58). The number of ketones is 1. The summed E-state index contributed by atoms with van der Waals surface area (Å²) in [4.78, 5) is 82.7. The van der Waals surface area contributed by atoms with E-state index in [2.05, 4.69) is 41.2 Å². The fraction of sp³-hybridized carbons (Fsp3) is 0.318. The molecule has 6 aromatic rings. The number of nitrogens with one attached hydrogen (secondary N) is 7. The van der Waals surface area contributed by atoms with Crippen molar-refractivity contribution in [2.24, 2.45) is 11.5 Å². The van der Waals surface area contributed by atoms with Gasteiger partial charge in [-0.3, -0.25) is 24.0 Å². The molecule has 0 radical (unpaired) electrons. The van der Waals surface area contributed by atoms with E-state index in [-0.39, 0.29) is 31.5 Å². The van der Waals surface area contributed by atoms with Crippen molar-refractivity contribution in [1.82, 2.24) is 41.2 Å².